The van der Waals surface area contributed by atoms with Crippen molar-refractivity contribution < 1.29 is 39.6 Å². The van der Waals surface area contributed by atoms with Crippen molar-refractivity contribution >= 4 is 41.2 Å². The van der Waals surface area contributed by atoms with E-state index in [0.29, 0.717) is 19.3 Å². The van der Waals surface area contributed by atoms with Crippen LogP contribution in [0.3, 0.4) is 0 Å². The quantitative estimate of drug-likeness (QED) is 0.557. The van der Waals surface area contributed by atoms with Crippen LogP contribution < -0.4 is 15.3 Å². The second kappa shape index (κ2) is 28.6. The molecule has 0 aliphatic rings. The molecule has 0 aromatic carbocycles. The van der Waals surface area contributed by atoms with Gasteiger partial charge in [-0.3, -0.25) is 4.79 Å². The third-order valence-electron chi connectivity index (χ3n) is 1.37. The molecule has 0 saturated carbocycles. The van der Waals surface area contributed by atoms with Crippen LogP contribution in [0, 0.1) is 0 Å². The maximum atomic E-state index is 9.60. The molecule has 0 saturated heterocycles. The van der Waals surface area contributed by atoms with Crippen molar-refractivity contribution in [1.29, 1.82) is 0 Å². The Kier molecular flexibility index (Phi) is 41.1. The van der Waals surface area contributed by atoms with E-state index in [1.165, 1.54) is 0 Å². The summed E-state index contributed by atoms with van der Waals surface area (Å²) in [6.45, 7) is 6.42. The Hall–Kier alpha value is -1.59. The van der Waals surface area contributed by atoms with Gasteiger partial charge in [-0.1, -0.05) is 33.6 Å². The second-order valence-electron chi connectivity index (χ2n) is 3.88. The average Bonchev–Trinajstić information content (AvgIpc) is 2.28. The molecule has 0 bridgehead atoms. The molecule has 0 fully saturated rings. The van der Waals surface area contributed by atoms with Crippen molar-refractivity contribution in [3.8, 4) is 0 Å². The van der Waals surface area contributed by atoms with Crippen molar-refractivity contribution in [1.82, 2.24) is 0 Å². The predicted octanol–water partition coefficient (Wildman–Crippen LogP) is -1.68. The van der Waals surface area contributed by atoms with Crippen LogP contribution in [0.15, 0.2) is 0 Å². The molecule has 8 nitrogen and oxygen atoms in total. The Morgan fingerprint density at radius 3 is 0.957 bits per heavy atom. The van der Waals surface area contributed by atoms with E-state index < -0.39 is 23.9 Å². The standard InChI is InChI=1S/3C4H8O2.C2H4O2.Al/c3*1-2-3-4(5)6;1-2(3)4;/h3*2-3H2,1H3,(H,5,6);1H3,(H,3,4);/q;;;;+3/p-3. The molecule has 1 N–H and O–H groups in total. The fourth-order valence-electron chi connectivity index (χ4n) is 0.622. The van der Waals surface area contributed by atoms with Crippen LogP contribution in [0.2, 0.25) is 0 Å². The molecular weight excluding hydrogens is 323 g/mol. The van der Waals surface area contributed by atoms with E-state index in [2.05, 4.69) is 0 Å². The number of rotatable bonds is 6. The number of carbonyl (C=O) groups is 4. The van der Waals surface area contributed by atoms with Gasteiger partial charge in [0.15, 0.2) is 0 Å². The summed E-state index contributed by atoms with van der Waals surface area (Å²) in [5.41, 5.74) is 0. The number of carboxylic acids is 4. The van der Waals surface area contributed by atoms with Gasteiger partial charge in [0.1, 0.15) is 0 Å². The smallest absolute Gasteiger partial charge is 0.550 e. The van der Waals surface area contributed by atoms with Gasteiger partial charge in [0, 0.05) is 24.3 Å². The fraction of sp³-hybridized carbons (Fsp3) is 0.714. The molecule has 9 heteroatoms. The maximum absolute atomic E-state index is 9.60. The fourth-order valence-corrected chi connectivity index (χ4v) is 0.622. The van der Waals surface area contributed by atoms with E-state index in [-0.39, 0.29) is 30.2 Å². The van der Waals surface area contributed by atoms with Crippen LogP contribution in [0.25, 0.3) is 0 Å². The molecule has 0 heterocycles. The van der Waals surface area contributed by atoms with Crippen molar-refractivity contribution in [2.24, 2.45) is 0 Å². The monoisotopic (exact) mass is 348 g/mol. The van der Waals surface area contributed by atoms with Crippen LogP contribution in [-0.2, 0) is 19.2 Å². The topological polar surface area (TPSA) is 158 Å². The van der Waals surface area contributed by atoms with Gasteiger partial charge in [0.05, 0.1) is 0 Å². The Balaban J connectivity index is -0.0000000624. The Labute approximate surface area is 147 Å². The third-order valence-corrected chi connectivity index (χ3v) is 1.37. The van der Waals surface area contributed by atoms with Crippen LogP contribution in [0.4, 0.5) is 0 Å². The SMILES string of the molecule is CC(=O)[O-].CCCC(=O)O.CCCC(=O)[O-].CCCC(=O)[O-].[Al+3]. The van der Waals surface area contributed by atoms with Gasteiger partial charge < -0.3 is 34.8 Å². The van der Waals surface area contributed by atoms with E-state index in [1.807, 2.05) is 6.92 Å². The summed E-state index contributed by atoms with van der Waals surface area (Å²) in [6.07, 6.45) is 2.72. The number of hydrogen-bond acceptors (Lipinski definition) is 7. The Bertz CT molecular complexity index is 263. The largest absolute Gasteiger partial charge is 3.00 e. The van der Waals surface area contributed by atoms with Gasteiger partial charge in [-0.25, -0.2) is 0 Å². The number of carboxylic acid groups (broad SMARTS) is 4. The van der Waals surface area contributed by atoms with E-state index in [0.717, 1.165) is 13.3 Å². The molecule has 0 aromatic heterocycles. The van der Waals surface area contributed by atoms with Gasteiger partial charge in [0.25, 0.3) is 0 Å². The zero-order valence-corrected chi connectivity index (χ0v) is 15.3. The van der Waals surface area contributed by atoms with Crippen LogP contribution in [0.1, 0.15) is 66.2 Å². The van der Waals surface area contributed by atoms with Gasteiger partial charge >= 0.3 is 23.3 Å². The van der Waals surface area contributed by atoms with Crippen molar-refractivity contribution in [3.63, 3.8) is 0 Å². The molecule has 0 aliphatic carbocycles. The Morgan fingerprint density at radius 2 is 0.957 bits per heavy atom. The van der Waals surface area contributed by atoms with Crippen LogP contribution in [-0.4, -0.2) is 46.3 Å². The summed E-state index contributed by atoms with van der Waals surface area (Å²) < 4.78 is 0. The molecule has 0 atom stereocenters. The zero-order chi connectivity index (χ0) is 18.6. The summed E-state index contributed by atoms with van der Waals surface area (Å²) in [5, 5.41) is 35.8. The number of aliphatic carboxylic acids is 4. The summed E-state index contributed by atoms with van der Waals surface area (Å²) in [6, 6.07) is 0. The molecule has 0 unspecified atom stereocenters. The molecule has 0 amide bonds. The summed E-state index contributed by atoms with van der Waals surface area (Å²) >= 11 is 0. The normalized spacial score (nSPS) is 7.48. The van der Waals surface area contributed by atoms with Gasteiger partial charge in [-0.05, 0) is 26.2 Å². The van der Waals surface area contributed by atoms with Gasteiger partial charge in [0.2, 0.25) is 0 Å². The first-order valence-electron chi connectivity index (χ1n) is 6.83. The molecule has 0 radical (unpaired) electrons. The minimum absolute atomic E-state index is 0. The van der Waals surface area contributed by atoms with Crippen molar-refractivity contribution in [3.05, 3.63) is 0 Å². The molecule has 0 spiro atoms. The first kappa shape index (κ1) is 33.1. The maximum Gasteiger partial charge on any atom is 3.00 e. The third kappa shape index (κ3) is 126. The van der Waals surface area contributed by atoms with E-state index >= 15 is 0 Å². The molecule has 132 valence electrons. The molecule has 0 aliphatic heterocycles. The van der Waals surface area contributed by atoms with Crippen molar-refractivity contribution in [2.75, 3.05) is 0 Å². The van der Waals surface area contributed by atoms with Crippen LogP contribution >= 0.6 is 0 Å². The summed E-state index contributed by atoms with van der Waals surface area (Å²) in [4.78, 5) is 37.5. The minimum Gasteiger partial charge on any atom is -0.550 e. The predicted molar refractivity (Wildman–Crippen MR) is 78.8 cm³/mol. The van der Waals surface area contributed by atoms with Crippen LogP contribution in [0.5, 0.6) is 0 Å². The molecule has 0 rings (SSSR count). The number of carbonyl (C=O) groups excluding carboxylic acids is 3. The Morgan fingerprint density at radius 1 is 0.739 bits per heavy atom. The second-order valence-corrected chi connectivity index (χ2v) is 3.88. The first-order chi connectivity index (χ1) is 10.0. The average molecular weight is 348 g/mol. The molecular formula is C14H25AlO8. The molecule has 0 aromatic rings. The summed E-state index contributed by atoms with van der Waals surface area (Å²) in [5.74, 6) is -3.72. The summed E-state index contributed by atoms with van der Waals surface area (Å²) in [7, 11) is 0. The van der Waals surface area contributed by atoms with Gasteiger partial charge in [-0.2, -0.15) is 0 Å². The first-order valence-corrected chi connectivity index (χ1v) is 6.83. The van der Waals surface area contributed by atoms with E-state index in [1.54, 1.807) is 13.8 Å². The van der Waals surface area contributed by atoms with Gasteiger partial charge in [-0.15, -0.1) is 0 Å². The van der Waals surface area contributed by atoms with Crippen molar-refractivity contribution in [2.45, 2.75) is 66.2 Å². The van der Waals surface area contributed by atoms with E-state index in [4.69, 9.17) is 15.0 Å². The number of hydrogen-bond donors (Lipinski definition) is 1. The molecule has 23 heavy (non-hydrogen) atoms. The van der Waals surface area contributed by atoms with E-state index in [9.17, 15) is 24.6 Å². The zero-order valence-electron chi connectivity index (χ0n) is 14.1. The minimum atomic E-state index is -1.08.